The highest BCUT2D eigenvalue weighted by atomic mass is 16.1. The third kappa shape index (κ3) is 5.47. The molecule has 0 saturated heterocycles. The number of unbranched alkanes of at least 4 members (excludes halogenated alkanes) is 1. The molecule has 0 aromatic carbocycles. The molecule has 1 aromatic heterocycles. The Morgan fingerprint density at radius 1 is 1.25 bits per heavy atom. The van der Waals surface area contributed by atoms with Crippen LogP contribution in [0.2, 0.25) is 0 Å². The minimum absolute atomic E-state index is 0.0818. The molecule has 2 N–H and O–H groups in total. The van der Waals surface area contributed by atoms with E-state index in [-0.39, 0.29) is 5.56 Å². The Morgan fingerprint density at radius 2 is 2.00 bits per heavy atom. The lowest BCUT2D eigenvalue weighted by Gasteiger charge is -2.12. The van der Waals surface area contributed by atoms with Gasteiger partial charge in [0.2, 0.25) is 0 Å². The van der Waals surface area contributed by atoms with Crippen LogP contribution in [0.15, 0.2) is 28.0 Å². The Balaban J connectivity index is 2.27. The maximum Gasteiger partial charge on any atom is 0.250 e. The fraction of sp³-hybridized carbons (Fsp3) is 0.600. The monoisotopic (exact) mass is 278 g/mol. The average Bonchev–Trinajstić information content (AvgIpc) is 2.44. The Kier molecular flexibility index (Phi) is 7.47. The van der Waals surface area contributed by atoms with Gasteiger partial charge < -0.3 is 15.2 Å². The van der Waals surface area contributed by atoms with Crippen LogP contribution in [0.1, 0.15) is 31.9 Å². The first-order valence-corrected chi connectivity index (χ1v) is 7.30. The lowest BCUT2D eigenvalue weighted by Crippen LogP contribution is -2.38. The third-order valence-corrected chi connectivity index (χ3v) is 3.14. The maximum absolute atomic E-state index is 11.7. The smallest absolute Gasteiger partial charge is 0.250 e. The molecular formula is C15H26N4O. The van der Waals surface area contributed by atoms with Crippen molar-refractivity contribution in [3.63, 3.8) is 0 Å². The fourth-order valence-electron chi connectivity index (χ4n) is 1.98. The van der Waals surface area contributed by atoms with Crippen molar-refractivity contribution in [3.8, 4) is 0 Å². The standard InChI is InChI=1S/C15H26N4O/c1-4-10-17-15(16-3)18-11-5-6-12-19-13(2)8-7-9-14(19)20/h7-9H,4-6,10-12H2,1-3H3,(H2,16,17,18). The molecule has 0 spiro atoms. The van der Waals surface area contributed by atoms with E-state index >= 15 is 0 Å². The molecule has 1 heterocycles. The van der Waals surface area contributed by atoms with Crippen LogP contribution >= 0.6 is 0 Å². The van der Waals surface area contributed by atoms with Gasteiger partial charge in [-0.2, -0.15) is 0 Å². The van der Waals surface area contributed by atoms with Crippen molar-refractivity contribution in [2.75, 3.05) is 20.1 Å². The molecule has 5 nitrogen and oxygen atoms in total. The van der Waals surface area contributed by atoms with E-state index in [1.165, 1.54) is 0 Å². The predicted molar refractivity (Wildman–Crippen MR) is 84.3 cm³/mol. The van der Waals surface area contributed by atoms with Crippen molar-refractivity contribution < 1.29 is 0 Å². The molecule has 5 heteroatoms. The molecule has 0 saturated carbocycles. The summed E-state index contributed by atoms with van der Waals surface area (Å²) in [5.41, 5.74) is 1.10. The van der Waals surface area contributed by atoms with Crippen LogP contribution in [0.5, 0.6) is 0 Å². The van der Waals surface area contributed by atoms with Gasteiger partial charge in [0.25, 0.3) is 5.56 Å². The average molecular weight is 278 g/mol. The van der Waals surface area contributed by atoms with Gasteiger partial charge in [-0.1, -0.05) is 13.0 Å². The Labute approximate surface area is 121 Å². The van der Waals surface area contributed by atoms with Crippen molar-refractivity contribution in [1.82, 2.24) is 15.2 Å². The van der Waals surface area contributed by atoms with Crippen molar-refractivity contribution in [3.05, 3.63) is 34.2 Å². The molecule has 0 radical (unpaired) electrons. The molecule has 0 bridgehead atoms. The predicted octanol–water partition coefficient (Wildman–Crippen LogP) is 1.51. The van der Waals surface area contributed by atoms with Gasteiger partial charge in [-0.25, -0.2) is 0 Å². The number of rotatable bonds is 7. The van der Waals surface area contributed by atoms with Crippen LogP contribution in [0.4, 0.5) is 0 Å². The zero-order valence-electron chi connectivity index (χ0n) is 12.8. The number of pyridine rings is 1. The van der Waals surface area contributed by atoms with E-state index in [1.54, 1.807) is 19.2 Å². The molecule has 20 heavy (non-hydrogen) atoms. The van der Waals surface area contributed by atoms with Crippen LogP contribution in [0.3, 0.4) is 0 Å². The Morgan fingerprint density at radius 3 is 2.65 bits per heavy atom. The van der Waals surface area contributed by atoms with E-state index in [2.05, 4.69) is 22.5 Å². The molecular weight excluding hydrogens is 252 g/mol. The molecule has 0 aliphatic rings. The fourth-order valence-corrected chi connectivity index (χ4v) is 1.98. The summed E-state index contributed by atoms with van der Waals surface area (Å²) in [6, 6.07) is 5.39. The van der Waals surface area contributed by atoms with Gasteiger partial charge in [0.1, 0.15) is 0 Å². The molecule has 0 atom stereocenters. The van der Waals surface area contributed by atoms with Gasteiger partial charge in [-0.15, -0.1) is 0 Å². The van der Waals surface area contributed by atoms with Gasteiger partial charge in [-0.3, -0.25) is 9.79 Å². The zero-order chi connectivity index (χ0) is 14.8. The van der Waals surface area contributed by atoms with Crippen molar-refractivity contribution in [1.29, 1.82) is 0 Å². The summed E-state index contributed by atoms with van der Waals surface area (Å²) in [6.07, 6.45) is 3.06. The maximum atomic E-state index is 11.7. The quantitative estimate of drug-likeness (QED) is 0.451. The zero-order valence-corrected chi connectivity index (χ0v) is 12.8. The summed E-state index contributed by atoms with van der Waals surface area (Å²) in [7, 11) is 1.78. The molecule has 0 unspecified atom stereocenters. The van der Waals surface area contributed by atoms with E-state index in [0.29, 0.717) is 0 Å². The number of hydrogen-bond acceptors (Lipinski definition) is 2. The second kappa shape index (κ2) is 9.18. The summed E-state index contributed by atoms with van der Waals surface area (Å²) >= 11 is 0. The number of aryl methyl sites for hydroxylation is 1. The van der Waals surface area contributed by atoms with Crippen molar-refractivity contribution in [2.45, 2.75) is 39.7 Å². The van der Waals surface area contributed by atoms with Crippen LogP contribution in [0, 0.1) is 6.92 Å². The minimum Gasteiger partial charge on any atom is -0.356 e. The molecule has 0 amide bonds. The highest BCUT2D eigenvalue weighted by molar-refractivity contribution is 5.79. The van der Waals surface area contributed by atoms with Crippen LogP contribution < -0.4 is 16.2 Å². The summed E-state index contributed by atoms with van der Waals surface area (Å²) in [6.45, 7) is 6.66. The van der Waals surface area contributed by atoms with E-state index in [0.717, 1.165) is 50.6 Å². The van der Waals surface area contributed by atoms with Crippen LogP contribution in [-0.2, 0) is 6.54 Å². The van der Waals surface area contributed by atoms with E-state index in [1.807, 2.05) is 17.6 Å². The first-order chi connectivity index (χ1) is 9.69. The largest absolute Gasteiger partial charge is 0.356 e. The Bertz CT molecular complexity index is 479. The first-order valence-electron chi connectivity index (χ1n) is 7.30. The van der Waals surface area contributed by atoms with Gasteiger partial charge >= 0.3 is 0 Å². The molecule has 0 aliphatic heterocycles. The summed E-state index contributed by atoms with van der Waals surface area (Å²) in [4.78, 5) is 15.8. The highest BCUT2D eigenvalue weighted by Crippen LogP contribution is 1.97. The second-order valence-corrected chi connectivity index (χ2v) is 4.79. The lowest BCUT2D eigenvalue weighted by molar-refractivity contribution is 0.575. The van der Waals surface area contributed by atoms with Crippen LogP contribution in [-0.4, -0.2) is 30.7 Å². The normalized spacial score (nSPS) is 11.4. The van der Waals surface area contributed by atoms with Crippen LogP contribution in [0.25, 0.3) is 0 Å². The van der Waals surface area contributed by atoms with Gasteiger partial charge in [0, 0.05) is 38.4 Å². The second-order valence-electron chi connectivity index (χ2n) is 4.79. The number of hydrogen-bond donors (Lipinski definition) is 2. The summed E-state index contributed by atoms with van der Waals surface area (Å²) in [5, 5.41) is 6.50. The molecule has 0 fully saturated rings. The minimum atomic E-state index is 0.0818. The van der Waals surface area contributed by atoms with E-state index in [9.17, 15) is 4.79 Å². The third-order valence-electron chi connectivity index (χ3n) is 3.14. The van der Waals surface area contributed by atoms with E-state index in [4.69, 9.17) is 0 Å². The lowest BCUT2D eigenvalue weighted by atomic mass is 10.3. The van der Waals surface area contributed by atoms with Crippen molar-refractivity contribution in [2.24, 2.45) is 4.99 Å². The Hall–Kier alpha value is -1.78. The van der Waals surface area contributed by atoms with E-state index < -0.39 is 0 Å². The number of aromatic nitrogens is 1. The summed E-state index contributed by atoms with van der Waals surface area (Å²) < 4.78 is 1.82. The molecule has 112 valence electrons. The first kappa shape index (κ1) is 16.3. The molecule has 1 aromatic rings. The number of aliphatic imine (C=N–C) groups is 1. The number of guanidine groups is 1. The SMILES string of the molecule is CCCNC(=NC)NCCCCn1c(C)cccc1=O. The van der Waals surface area contributed by atoms with Gasteiger partial charge in [0.05, 0.1) is 0 Å². The van der Waals surface area contributed by atoms with Gasteiger partial charge in [0.15, 0.2) is 5.96 Å². The number of nitrogens with zero attached hydrogens (tertiary/aromatic N) is 2. The highest BCUT2D eigenvalue weighted by Gasteiger charge is 1.99. The molecule has 0 aliphatic carbocycles. The van der Waals surface area contributed by atoms with Gasteiger partial charge in [-0.05, 0) is 32.3 Å². The molecule has 1 rings (SSSR count). The topological polar surface area (TPSA) is 58.4 Å². The summed E-state index contributed by atoms with van der Waals surface area (Å²) in [5.74, 6) is 0.847. The number of nitrogens with one attached hydrogen (secondary N) is 2. The van der Waals surface area contributed by atoms with Crippen molar-refractivity contribution >= 4 is 5.96 Å².